The lowest BCUT2D eigenvalue weighted by Gasteiger charge is -2.39. The zero-order valence-corrected chi connectivity index (χ0v) is 14.4. The third kappa shape index (κ3) is 5.65. The van der Waals surface area contributed by atoms with Crippen molar-refractivity contribution in [3.63, 3.8) is 0 Å². The maximum Gasteiger partial charge on any atom is 0.0180 e. The van der Waals surface area contributed by atoms with E-state index in [1.807, 2.05) is 11.8 Å². The zero-order chi connectivity index (χ0) is 14.3. The molecule has 0 aliphatic heterocycles. The maximum atomic E-state index is 3.72. The van der Waals surface area contributed by atoms with Crippen LogP contribution in [0.5, 0.6) is 0 Å². The third-order valence-electron chi connectivity index (χ3n) is 4.69. The molecule has 1 aliphatic rings. The van der Waals surface area contributed by atoms with Crippen molar-refractivity contribution in [3.8, 4) is 0 Å². The summed E-state index contributed by atoms with van der Waals surface area (Å²) in [5.74, 6) is 3.01. The van der Waals surface area contributed by atoms with E-state index in [-0.39, 0.29) is 0 Å². The molecule has 4 atom stereocenters. The Labute approximate surface area is 125 Å². The first-order valence-electron chi connectivity index (χ1n) is 8.04. The minimum atomic E-state index is 0.745. The highest BCUT2D eigenvalue weighted by Crippen LogP contribution is 2.30. The van der Waals surface area contributed by atoms with E-state index in [2.05, 4.69) is 44.3 Å². The van der Waals surface area contributed by atoms with Crippen molar-refractivity contribution < 1.29 is 0 Å². The molecule has 0 spiro atoms. The van der Waals surface area contributed by atoms with Gasteiger partial charge in [-0.1, -0.05) is 20.8 Å². The number of hydrogen-bond acceptors (Lipinski definition) is 3. The Morgan fingerprint density at radius 1 is 1.32 bits per heavy atom. The molecule has 0 saturated heterocycles. The summed E-state index contributed by atoms with van der Waals surface area (Å²) in [6.07, 6.45) is 7.66. The van der Waals surface area contributed by atoms with Crippen LogP contribution in [0.15, 0.2) is 0 Å². The van der Waals surface area contributed by atoms with Crippen LogP contribution in [0, 0.1) is 11.8 Å². The lowest BCUT2D eigenvalue weighted by molar-refractivity contribution is 0.139. The van der Waals surface area contributed by atoms with Gasteiger partial charge in [0.25, 0.3) is 0 Å². The molecule has 0 aromatic heterocycles. The largest absolute Gasteiger partial charge is 0.314 e. The van der Waals surface area contributed by atoms with E-state index in [0.717, 1.165) is 30.5 Å². The highest BCUT2D eigenvalue weighted by molar-refractivity contribution is 7.98. The van der Waals surface area contributed by atoms with Crippen molar-refractivity contribution in [1.82, 2.24) is 10.2 Å². The fourth-order valence-electron chi connectivity index (χ4n) is 3.50. The van der Waals surface area contributed by atoms with E-state index in [0.29, 0.717) is 0 Å². The Balaban J connectivity index is 2.54. The Morgan fingerprint density at radius 2 is 2.05 bits per heavy atom. The van der Waals surface area contributed by atoms with Gasteiger partial charge in [0.15, 0.2) is 0 Å². The zero-order valence-electron chi connectivity index (χ0n) is 13.6. The molecule has 1 aliphatic carbocycles. The van der Waals surface area contributed by atoms with Gasteiger partial charge in [-0.25, -0.2) is 0 Å². The Morgan fingerprint density at radius 3 is 2.63 bits per heavy atom. The van der Waals surface area contributed by atoms with E-state index in [4.69, 9.17) is 0 Å². The third-order valence-corrected chi connectivity index (χ3v) is 5.41. The van der Waals surface area contributed by atoms with Crippen LogP contribution in [-0.4, -0.2) is 49.1 Å². The fourth-order valence-corrected chi connectivity index (χ4v) is 4.37. The summed E-state index contributed by atoms with van der Waals surface area (Å²) in [4.78, 5) is 2.61. The summed E-state index contributed by atoms with van der Waals surface area (Å²) in [6.45, 7) is 9.36. The molecule has 0 amide bonds. The van der Waals surface area contributed by atoms with Crippen LogP contribution in [0.2, 0.25) is 0 Å². The van der Waals surface area contributed by atoms with Crippen molar-refractivity contribution >= 4 is 11.8 Å². The van der Waals surface area contributed by atoms with Gasteiger partial charge in [-0.3, -0.25) is 0 Å². The molecular formula is C16H34N2S. The van der Waals surface area contributed by atoms with Crippen LogP contribution >= 0.6 is 11.8 Å². The van der Waals surface area contributed by atoms with Crippen LogP contribution in [0.1, 0.15) is 46.5 Å². The summed E-state index contributed by atoms with van der Waals surface area (Å²) in [7, 11) is 2.33. The van der Waals surface area contributed by atoms with E-state index in [9.17, 15) is 0 Å². The van der Waals surface area contributed by atoms with Crippen LogP contribution in [-0.2, 0) is 0 Å². The van der Waals surface area contributed by atoms with Crippen molar-refractivity contribution in [2.45, 2.75) is 58.5 Å². The van der Waals surface area contributed by atoms with Gasteiger partial charge in [0.05, 0.1) is 0 Å². The number of thioether (sulfide) groups is 1. The first kappa shape index (κ1) is 17.3. The van der Waals surface area contributed by atoms with E-state index >= 15 is 0 Å². The molecule has 3 heteroatoms. The number of rotatable bonds is 8. The lowest BCUT2D eigenvalue weighted by Crippen LogP contribution is -2.47. The maximum absolute atomic E-state index is 3.72. The summed E-state index contributed by atoms with van der Waals surface area (Å²) >= 11 is 1.98. The molecular weight excluding hydrogens is 252 g/mol. The molecule has 1 fully saturated rings. The summed E-state index contributed by atoms with van der Waals surface area (Å²) < 4.78 is 0. The van der Waals surface area contributed by atoms with E-state index in [1.165, 1.54) is 38.0 Å². The summed E-state index contributed by atoms with van der Waals surface area (Å²) in [6, 6.07) is 1.49. The first-order valence-corrected chi connectivity index (χ1v) is 9.44. The van der Waals surface area contributed by atoms with Gasteiger partial charge in [0.1, 0.15) is 0 Å². The second-order valence-electron chi connectivity index (χ2n) is 6.30. The Hall–Kier alpha value is 0.270. The number of nitrogens with one attached hydrogen (secondary N) is 1. The lowest BCUT2D eigenvalue weighted by atomic mass is 9.78. The Bertz CT molecular complexity index is 235. The van der Waals surface area contributed by atoms with Crippen molar-refractivity contribution in [2.24, 2.45) is 11.8 Å². The van der Waals surface area contributed by atoms with Crippen molar-refractivity contribution in [3.05, 3.63) is 0 Å². The molecule has 0 aromatic rings. The highest BCUT2D eigenvalue weighted by atomic mass is 32.2. The molecule has 19 heavy (non-hydrogen) atoms. The second-order valence-corrected chi connectivity index (χ2v) is 7.21. The first-order chi connectivity index (χ1) is 9.12. The molecule has 0 heterocycles. The molecule has 114 valence electrons. The Kier molecular flexibility index (Phi) is 8.43. The van der Waals surface area contributed by atoms with Gasteiger partial charge >= 0.3 is 0 Å². The number of nitrogens with zero attached hydrogens (tertiary/aromatic N) is 1. The molecule has 0 radical (unpaired) electrons. The highest BCUT2D eigenvalue weighted by Gasteiger charge is 2.29. The van der Waals surface area contributed by atoms with Crippen LogP contribution in [0.4, 0.5) is 0 Å². The van der Waals surface area contributed by atoms with Crippen molar-refractivity contribution in [1.29, 1.82) is 0 Å². The predicted octanol–water partition coefficient (Wildman–Crippen LogP) is 3.47. The minimum absolute atomic E-state index is 0.745. The van der Waals surface area contributed by atoms with E-state index in [1.54, 1.807) is 0 Å². The topological polar surface area (TPSA) is 15.3 Å². The van der Waals surface area contributed by atoms with Crippen LogP contribution in [0.25, 0.3) is 0 Å². The SMILES string of the molecule is CCNC1CCC(C)CC1CN(C)C(CC)CSC. The van der Waals surface area contributed by atoms with Crippen molar-refractivity contribution in [2.75, 3.05) is 32.1 Å². The minimum Gasteiger partial charge on any atom is -0.314 e. The van der Waals surface area contributed by atoms with Crippen LogP contribution in [0.3, 0.4) is 0 Å². The van der Waals surface area contributed by atoms with Gasteiger partial charge in [-0.05, 0) is 57.4 Å². The quantitative estimate of drug-likeness (QED) is 0.735. The van der Waals surface area contributed by atoms with Gasteiger partial charge in [-0.15, -0.1) is 0 Å². The molecule has 2 nitrogen and oxygen atoms in total. The average molecular weight is 287 g/mol. The smallest absolute Gasteiger partial charge is 0.0180 e. The van der Waals surface area contributed by atoms with Gasteiger partial charge in [-0.2, -0.15) is 11.8 Å². The molecule has 1 rings (SSSR count). The van der Waals surface area contributed by atoms with Crippen LogP contribution < -0.4 is 5.32 Å². The normalized spacial score (nSPS) is 29.7. The van der Waals surface area contributed by atoms with Gasteiger partial charge in [0, 0.05) is 24.4 Å². The van der Waals surface area contributed by atoms with E-state index < -0.39 is 0 Å². The second kappa shape index (κ2) is 9.25. The monoisotopic (exact) mass is 286 g/mol. The number of hydrogen-bond donors (Lipinski definition) is 1. The molecule has 1 saturated carbocycles. The molecule has 1 N–H and O–H groups in total. The molecule has 0 bridgehead atoms. The fraction of sp³-hybridized carbons (Fsp3) is 1.00. The standard InChI is InChI=1S/C16H34N2S/c1-6-15(12-19-5)18(4)11-14-10-13(3)8-9-16(14)17-7-2/h13-17H,6-12H2,1-5H3. The molecule has 0 aromatic carbocycles. The van der Waals surface area contributed by atoms with Gasteiger partial charge in [0.2, 0.25) is 0 Å². The molecule has 4 unspecified atom stereocenters. The summed E-state index contributed by atoms with van der Waals surface area (Å²) in [5.41, 5.74) is 0. The predicted molar refractivity (Wildman–Crippen MR) is 89.1 cm³/mol. The van der Waals surface area contributed by atoms with Gasteiger partial charge < -0.3 is 10.2 Å². The average Bonchev–Trinajstić information content (AvgIpc) is 2.39. The summed E-state index contributed by atoms with van der Waals surface area (Å²) in [5, 5.41) is 3.72.